The molecular formula is C18H15N2Si. The summed E-state index contributed by atoms with van der Waals surface area (Å²) in [6, 6.07) is 17.5. The molecule has 2 aromatic carbocycles. The first-order valence-corrected chi connectivity index (χ1v) is 7.60. The highest BCUT2D eigenvalue weighted by molar-refractivity contribution is 6.08. The quantitative estimate of drug-likeness (QED) is 0.685. The average molecular weight is 287 g/mol. The molecule has 0 aliphatic heterocycles. The zero-order valence-electron chi connectivity index (χ0n) is 11.9. The summed E-state index contributed by atoms with van der Waals surface area (Å²) in [6.07, 6.45) is 3.76. The third-order valence-electron chi connectivity index (χ3n) is 3.45. The van der Waals surface area contributed by atoms with E-state index in [2.05, 4.69) is 75.7 Å². The molecule has 0 unspecified atom stereocenters. The number of rotatable bonds is 3. The van der Waals surface area contributed by atoms with Gasteiger partial charge in [-0.3, -0.25) is 0 Å². The molecule has 1 heterocycles. The van der Waals surface area contributed by atoms with Crippen LogP contribution in [0.1, 0.15) is 11.1 Å². The average Bonchev–Trinajstić information content (AvgIpc) is 2.56. The molecule has 0 bridgehead atoms. The molecule has 101 valence electrons. The van der Waals surface area contributed by atoms with Gasteiger partial charge in [-0.2, -0.15) is 0 Å². The van der Waals surface area contributed by atoms with E-state index in [1.807, 2.05) is 12.4 Å². The normalized spacial score (nSPS) is 10.6. The molecule has 3 radical (unpaired) electrons. The Hall–Kier alpha value is -2.26. The summed E-state index contributed by atoms with van der Waals surface area (Å²) in [6.45, 7) is 2.07. The molecule has 21 heavy (non-hydrogen) atoms. The monoisotopic (exact) mass is 287 g/mol. The van der Waals surface area contributed by atoms with Crippen LogP contribution in [-0.2, 0) is 6.04 Å². The number of aryl methyl sites for hydroxylation is 1. The van der Waals surface area contributed by atoms with Crippen molar-refractivity contribution in [1.82, 2.24) is 9.97 Å². The van der Waals surface area contributed by atoms with Crippen molar-refractivity contribution in [2.75, 3.05) is 0 Å². The highest BCUT2D eigenvalue weighted by atomic mass is 28.1. The van der Waals surface area contributed by atoms with E-state index in [0.717, 1.165) is 28.6 Å². The van der Waals surface area contributed by atoms with Crippen molar-refractivity contribution < 1.29 is 0 Å². The Bertz CT molecular complexity index is 717. The lowest BCUT2D eigenvalue weighted by Gasteiger charge is -2.04. The summed E-state index contributed by atoms with van der Waals surface area (Å²) in [5, 5.41) is 0. The Morgan fingerprint density at radius 3 is 1.90 bits per heavy atom. The lowest BCUT2D eigenvalue weighted by Crippen LogP contribution is -1.90. The summed E-state index contributed by atoms with van der Waals surface area (Å²) in [5.74, 6) is 0.760. The van der Waals surface area contributed by atoms with Crippen molar-refractivity contribution >= 4 is 10.2 Å². The number of benzene rings is 2. The molecule has 2 nitrogen and oxygen atoms in total. The van der Waals surface area contributed by atoms with E-state index in [1.54, 1.807) is 0 Å². The van der Waals surface area contributed by atoms with E-state index in [-0.39, 0.29) is 0 Å². The second kappa shape index (κ2) is 6.02. The predicted octanol–water partition coefficient (Wildman–Crippen LogP) is 3.79. The van der Waals surface area contributed by atoms with Crippen molar-refractivity contribution in [1.29, 1.82) is 0 Å². The van der Waals surface area contributed by atoms with E-state index in [1.165, 1.54) is 11.1 Å². The second-order valence-electron chi connectivity index (χ2n) is 5.04. The van der Waals surface area contributed by atoms with Gasteiger partial charge in [0.05, 0.1) is 0 Å². The largest absolute Gasteiger partial charge is 0.236 e. The van der Waals surface area contributed by atoms with Crippen molar-refractivity contribution in [3.05, 3.63) is 72.1 Å². The molecule has 0 saturated carbocycles. The van der Waals surface area contributed by atoms with Gasteiger partial charge in [-0.1, -0.05) is 59.7 Å². The van der Waals surface area contributed by atoms with Crippen LogP contribution >= 0.6 is 0 Å². The fourth-order valence-electron chi connectivity index (χ4n) is 2.14. The van der Waals surface area contributed by atoms with Gasteiger partial charge < -0.3 is 0 Å². The van der Waals surface area contributed by atoms with Gasteiger partial charge in [0, 0.05) is 33.8 Å². The first-order chi connectivity index (χ1) is 10.3. The molecule has 0 aliphatic carbocycles. The Morgan fingerprint density at radius 1 is 0.762 bits per heavy atom. The van der Waals surface area contributed by atoms with Gasteiger partial charge in [-0.25, -0.2) is 9.97 Å². The van der Waals surface area contributed by atoms with E-state index in [4.69, 9.17) is 0 Å². The van der Waals surface area contributed by atoms with E-state index in [9.17, 15) is 0 Å². The molecule has 3 rings (SSSR count). The number of nitrogens with zero attached hydrogens (tertiary/aromatic N) is 2. The van der Waals surface area contributed by atoms with Crippen LogP contribution in [-0.4, -0.2) is 20.2 Å². The van der Waals surface area contributed by atoms with Gasteiger partial charge in [-0.05, 0) is 18.5 Å². The van der Waals surface area contributed by atoms with Crippen LogP contribution in [0.3, 0.4) is 0 Å². The summed E-state index contributed by atoms with van der Waals surface area (Å²) in [7, 11) is 3.50. The molecule has 0 N–H and O–H groups in total. The van der Waals surface area contributed by atoms with Gasteiger partial charge >= 0.3 is 0 Å². The minimum atomic E-state index is 0.760. The van der Waals surface area contributed by atoms with Gasteiger partial charge in [0.15, 0.2) is 5.82 Å². The van der Waals surface area contributed by atoms with Crippen LogP contribution in [0.4, 0.5) is 0 Å². The van der Waals surface area contributed by atoms with E-state index >= 15 is 0 Å². The smallest absolute Gasteiger partial charge is 0.159 e. The maximum absolute atomic E-state index is 4.48. The number of hydrogen-bond donors (Lipinski definition) is 0. The van der Waals surface area contributed by atoms with Crippen LogP contribution in [0.25, 0.3) is 22.5 Å². The second-order valence-corrected chi connectivity index (χ2v) is 5.39. The predicted molar refractivity (Wildman–Crippen MR) is 87.1 cm³/mol. The van der Waals surface area contributed by atoms with E-state index < -0.39 is 0 Å². The first-order valence-electron chi connectivity index (χ1n) is 6.89. The molecule has 3 heteroatoms. The molecule has 3 aromatic rings. The fourth-order valence-corrected chi connectivity index (χ4v) is 2.38. The molecule has 0 spiro atoms. The van der Waals surface area contributed by atoms with Crippen molar-refractivity contribution in [2.24, 2.45) is 0 Å². The molecular weight excluding hydrogens is 272 g/mol. The van der Waals surface area contributed by atoms with Crippen LogP contribution < -0.4 is 0 Å². The Kier molecular flexibility index (Phi) is 3.93. The van der Waals surface area contributed by atoms with E-state index in [0.29, 0.717) is 0 Å². The van der Waals surface area contributed by atoms with Gasteiger partial charge in [-0.15, -0.1) is 0 Å². The van der Waals surface area contributed by atoms with Crippen molar-refractivity contribution in [3.63, 3.8) is 0 Å². The summed E-state index contributed by atoms with van der Waals surface area (Å²) < 4.78 is 0. The Morgan fingerprint density at radius 2 is 1.33 bits per heavy atom. The third-order valence-corrected chi connectivity index (χ3v) is 3.86. The van der Waals surface area contributed by atoms with Crippen LogP contribution in [0.5, 0.6) is 0 Å². The van der Waals surface area contributed by atoms with Crippen LogP contribution in [0.2, 0.25) is 0 Å². The zero-order valence-corrected chi connectivity index (χ0v) is 12.9. The zero-order chi connectivity index (χ0) is 14.7. The summed E-state index contributed by atoms with van der Waals surface area (Å²) in [4.78, 5) is 8.95. The molecule has 1 aromatic heterocycles. The summed E-state index contributed by atoms with van der Waals surface area (Å²) in [5.41, 5.74) is 5.71. The van der Waals surface area contributed by atoms with Crippen LogP contribution in [0, 0.1) is 6.92 Å². The minimum Gasteiger partial charge on any atom is -0.236 e. The lowest BCUT2D eigenvalue weighted by molar-refractivity contribution is 1.18. The first kappa shape index (κ1) is 13.7. The summed E-state index contributed by atoms with van der Waals surface area (Å²) >= 11 is 0. The molecule has 0 saturated heterocycles. The molecule has 0 amide bonds. The topological polar surface area (TPSA) is 25.8 Å². The van der Waals surface area contributed by atoms with Gasteiger partial charge in [0.2, 0.25) is 0 Å². The SMILES string of the molecule is Cc1ccc(-c2ncc(-c3ccc(C[Si])cc3)cn2)cc1. The van der Waals surface area contributed by atoms with Crippen LogP contribution in [0.15, 0.2) is 60.9 Å². The van der Waals surface area contributed by atoms with Crippen molar-refractivity contribution in [2.45, 2.75) is 13.0 Å². The minimum absolute atomic E-state index is 0.760. The molecule has 0 aliphatic rings. The third kappa shape index (κ3) is 3.08. The standard InChI is InChI=1S/C18H15N2Si/c1-13-2-6-16(7-3-13)18-19-10-17(11-20-18)15-8-4-14(12-21)5-9-15/h2-11H,12H2,1H3. The maximum Gasteiger partial charge on any atom is 0.159 e. The molecule has 0 atom stereocenters. The van der Waals surface area contributed by atoms with Gasteiger partial charge in [0.1, 0.15) is 0 Å². The maximum atomic E-state index is 4.48. The van der Waals surface area contributed by atoms with Crippen molar-refractivity contribution in [3.8, 4) is 22.5 Å². The number of hydrogen-bond acceptors (Lipinski definition) is 2. The van der Waals surface area contributed by atoms with Gasteiger partial charge in [0.25, 0.3) is 0 Å². The molecule has 0 fully saturated rings. The number of aromatic nitrogens is 2. The lowest BCUT2D eigenvalue weighted by atomic mass is 10.1. The Balaban J connectivity index is 1.87. The highest BCUT2D eigenvalue weighted by Gasteiger charge is 2.03. The highest BCUT2D eigenvalue weighted by Crippen LogP contribution is 2.21. The Labute approximate surface area is 128 Å². The fraction of sp³-hybridized carbons (Fsp3) is 0.111.